The van der Waals surface area contributed by atoms with Crippen LogP contribution in [-0.2, 0) is 5.88 Å². The van der Waals surface area contributed by atoms with Gasteiger partial charge in [-0.1, -0.05) is 0 Å². The van der Waals surface area contributed by atoms with Gasteiger partial charge in [-0.3, -0.25) is 4.98 Å². The SMILES string of the molecule is CN(CCCl)c1cccnc1CCl.Cl. The summed E-state index contributed by atoms with van der Waals surface area (Å²) < 4.78 is 0. The highest BCUT2D eigenvalue weighted by atomic mass is 35.5. The standard InChI is InChI=1S/C9H12Cl2N2.ClH/c1-13(6-4-10)9-3-2-5-12-8(9)7-11;/h2-3,5H,4,6-7H2,1H3;1H. The molecule has 0 aliphatic heterocycles. The first-order valence-electron chi connectivity index (χ1n) is 4.06. The summed E-state index contributed by atoms with van der Waals surface area (Å²) in [6, 6.07) is 3.90. The molecule has 1 heterocycles. The number of pyridine rings is 1. The number of hydrogen-bond donors (Lipinski definition) is 0. The summed E-state index contributed by atoms with van der Waals surface area (Å²) in [5, 5.41) is 0. The summed E-state index contributed by atoms with van der Waals surface area (Å²) in [5.74, 6) is 1.04. The van der Waals surface area contributed by atoms with Crippen LogP contribution in [0.3, 0.4) is 0 Å². The Labute approximate surface area is 101 Å². The van der Waals surface area contributed by atoms with Gasteiger partial charge in [0.15, 0.2) is 0 Å². The summed E-state index contributed by atoms with van der Waals surface area (Å²) in [6.07, 6.45) is 1.75. The minimum atomic E-state index is 0. The number of aromatic nitrogens is 1. The van der Waals surface area contributed by atoms with Crippen molar-refractivity contribution < 1.29 is 0 Å². The molecule has 0 atom stereocenters. The van der Waals surface area contributed by atoms with Crippen LogP contribution >= 0.6 is 35.6 Å². The van der Waals surface area contributed by atoms with Gasteiger partial charge in [0.2, 0.25) is 0 Å². The zero-order valence-corrected chi connectivity index (χ0v) is 10.2. The molecule has 5 heteroatoms. The summed E-state index contributed by atoms with van der Waals surface area (Å²) >= 11 is 11.4. The van der Waals surface area contributed by atoms with Crippen LogP contribution in [0.2, 0.25) is 0 Å². The molecule has 0 amide bonds. The smallest absolute Gasteiger partial charge is 0.0784 e. The van der Waals surface area contributed by atoms with Crippen LogP contribution in [0.4, 0.5) is 5.69 Å². The lowest BCUT2D eigenvalue weighted by Gasteiger charge is -2.19. The second-order valence-electron chi connectivity index (χ2n) is 2.71. The Morgan fingerprint density at radius 3 is 2.71 bits per heavy atom. The molecule has 0 fully saturated rings. The average molecular weight is 256 g/mol. The lowest BCUT2D eigenvalue weighted by Crippen LogP contribution is -2.21. The van der Waals surface area contributed by atoms with E-state index in [4.69, 9.17) is 23.2 Å². The van der Waals surface area contributed by atoms with Gasteiger partial charge in [0.05, 0.1) is 17.3 Å². The second kappa shape index (κ2) is 7.16. The number of hydrogen-bond acceptors (Lipinski definition) is 2. The normalized spacial score (nSPS) is 9.36. The van der Waals surface area contributed by atoms with E-state index in [0.717, 1.165) is 17.9 Å². The second-order valence-corrected chi connectivity index (χ2v) is 3.36. The Bertz CT molecular complexity index is 268. The van der Waals surface area contributed by atoms with E-state index in [1.54, 1.807) is 6.20 Å². The van der Waals surface area contributed by atoms with Crippen LogP contribution in [0, 0.1) is 0 Å². The molecule has 0 bridgehead atoms. The molecule has 0 aromatic carbocycles. The van der Waals surface area contributed by atoms with Crippen LogP contribution in [0.1, 0.15) is 5.69 Å². The molecule has 1 aromatic rings. The zero-order valence-electron chi connectivity index (χ0n) is 7.91. The maximum absolute atomic E-state index is 5.75. The lowest BCUT2D eigenvalue weighted by molar-refractivity contribution is 0.950. The third kappa shape index (κ3) is 3.52. The van der Waals surface area contributed by atoms with E-state index >= 15 is 0 Å². The Morgan fingerprint density at radius 1 is 1.43 bits per heavy atom. The fourth-order valence-corrected chi connectivity index (χ4v) is 1.59. The highest BCUT2D eigenvalue weighted by molar-refractivity contribution is 6.18. The maximum Gasteiger partial charge on any atom is 0.0784 e. The number of rotatable bonds is 4. The fraction of sp³-hybridized carbons (Fsp3) is 0.444. The highest BCUT2D eigenvalue weighted by Gasteiger charge is 2.05. The monoisotopic (exact) mass is 254 g/mol. The van der Waals surface area contributed by atoms with Gasteiger partial charge in [-0.25, -0.2) is 0 Å². The van der Waals surface area contributed by atoms with Crippen LogP contribution < -0.4 is 4.90 Å². The van der Waals surface area contributed by atoms with Crippen LogP contribution in [0.15, 0.2) is 18.3 Å². The Morgan fingerprint density at radius 2 is 2.14 bits per heavy atom. The number of nitrogens with zero attached hydrogens (tertiary/aromatic N) is 2. The van der Waals surface area contributed by atoms with Gasteiger partial charge in [-0.2, -0.15) is 0 Å². The van der Waals surface area contributed by atoms with Gasteiger partial charge in [0.25, 0.3) is 0 Å². The van der Waals surface area contributed by atoms with Crippen LogP contribution in [0.5, 0.6) is 0 Å². The van der Waals surface area contributed by atoms with E-state index in [-0.39, 0.29) is 12.4 Å². The summed E-state index contributed by atoms with van der Waals surface area (Å²) in [4.78, 5) is 6.24. The molecule has 1 aromatic heterocycles. The zero-order chi connectivity index (χ0) is 9.68. The van der Waals surface area contributed by atoms with Gasteiger partial charge in [-0.05, 0) is 12.1 Å². The van der Waals surface area contributed by atoms with Crippen molar-refractivity contribution >= 4 is 41.3 Å². The van der Waals surface area contributed by atoms with Crippen molar-refractivity contribution in [3.05, 3.63) is 24.0 Å². The van der Waals surface area contributed by atoms with Crippen molar-refractivity contribution in [2.24, 2.45) is 0 Å². The van der Waals surface area contributed by atoms with Gasteiger partial charge >= 0.3 is 0 Å². The Kier molecular flexibility index (Phi) is 7.06. The first kappa shape index (κ1) is 13.8. The largest absolute Gasteiger partial charge is 0.372 e. The van der Waals surface area contributed by atoms with E-state index in [1.165, 1.54) is 0 Å². The molecule has 0 saturated carbocycles. The predicted molar refractivity (Wildman–Crippen MR) is 65.0 cm³/mol. The van der Waals surface area contributed by atoms with Gasteiger partial charge in [-0.15, -0.1) is 35.6 Å². The minimum absolute atomic E-state index is 0. The van der Waals surface area contributed by atoms with Crippen LogP contribution in [-0.4, -0.2) is 24.5 Å². The summed E-state index contributed by atoms with van der Waals surface area (Å²) in [7, 11) is 1.98. The van der Waals surface area contributed by atoms with Crippen LogP contribution in [0.25, 0.3) is 0 Å². The average Bonchev–Trinajstić information content (AvgIpc) is 2.18. The number of alkyl halides is 2. The van der Waals surface area contributed by atoms with E-state index in [2.05, 4.69) is 9.88 Å². The fourth-order valence-electron chi connectivity index (χ4n) is 1.13. The molecule has 0 spiro atoms. The molecular formula is C9H13Cl3N2. The number of halogens is 3. The minimum Gasteiger partial charge on any atom is -0.372 e. The van der Waals surface area contributed by atoms with Crippen molar-refractivity contribution in [3.63, 3.8) is 0 Å². The van der Waals surface area contributed by atoms with E-state index in [1.807, 2.05) is 19.2 Å². The van der Waals surface area contributed by atoms with Crippen molar-refractivity contribution in [2.75, 3.05) is 24.4 Å². The van der Waals surface area contributed by atoms with E-state index < -0.39 is 0 Å². The van der Waals surface area contributed by atoms with E-state index in [9.17, 15) is 0 Å². The maximum atomic E-state index is 5.75. The molecule has 0 radical (unpaired) electrons. The Balaban J connectivity index is 0.00000169. The van der Waals surface area contributed by atoms with Crippen molar-refractivity contribution in [1.82, 2.24) is 4.98 Å². The number of anilines is 1. The molecule has 0 saturated heterocycles. The molecule has 1 rings (SSSR count). The summed E-state index contributed by atoms with van der Waals surface area (Å²) in [5.41, 5.74) is 1.95. The third-order valence-corrected chi connectivity index (χ3v) is 2.25. The molecular weight excluding hydrogens is 242 g/mol. The molecule has 2 nitrogen and oxygen atoms in total. The lowest BCUT2D eigenvalue weighted by atomic mass is 10.3. The third-order valence-electron chi connectivity index (χ3n) is 1.82. The molecule has 0 aliphatic rings. The van der Waals surface area contributed by atoms with Gasteiger partial charge in [0, 0.05) is 25.7 Å². The van der Waals surface area contributed by atoms with Crippen molar-refractivity contribution in [2.45, 2.75) is 5.88 Å². The first-order valence-corrected chi connectivity index (χ1v) is 5.13. The first-order chi connectivity index (χ1) is 6.29. The molecule has 80 valence electrons. The molecule has 0 N–H and O–H groups in total. The van der Waals surface area contributed by atoms with Crippen molar-refractivity contribution in [3.8, 4) is 0 Å². The molecule has 0 aliphatic carbocycles. The Hall–Kier alpha value is -0.180. The summed E-state index contributed by atoms with van der Waals surface area (Å²) in [6.45, 7) is 0.803. The van der Waals surface area contributed by atoms with E-state index in [0.29, 0.717) is 11.8 Å². The predicted octanol–water partition coefficient (Wildman–Crippen LogP) is 2.92. The van der Waals surface area contributed by atoms with Gasteiger partial charge in [0.1, 0.15) is 0 Å². The topological polar surface area (TPSA) is 16.1 Å². The molecule has 14 heavy (non-hydrogen) atoms. The quantitative estimate of drug-likeness (QED) is 0.769. The van der Waals surface area contributed by atoms with Gasteiger partial charge < -0.3 is 4.90 Å². The highest BCUT2D eigenvalue weighted by Crippen LogP contribution is 2.18. The van der Waals surface area contributed by atoms with Crippen molar-refractivity contribution in [1.29, 1.82) is 0 Å². The molecule has 0 unspecified atom stereocenters.